The molecule has 1 aliphatic carbocycles. The molecular weight excluding hydrogens is 497 g/mol. The lowest BCUT2D eigenvalue weighted by molar-refractivity contribution is 0.0918. The molecule has 3 fully saturated rings. The summed E-state index contributed by atoms with van der Waals surface area (Å²) in [6.07, 6.45) is 9.42. The standard InChI is InChI=1S/C30H38FN5O3/c31-24-4-7-26-27(19-24)39-34-29(26)22-10-13-35(14-11-22)12-9-21-1-5-25(6-2-21)33-30(37)23-3-8-28(32-20-23)36-15-17-38-18-16-36/h3-4,7-8,19-22,25H,1-2,5-6,9-18H2,(H,33,37). The molecular formula is C30H38FN5O3. The summed E-state index contributed by atoms with van der Waals surface area (Å²) in [5, 5.41) is 8.46. The highest BCUT2D eigenvalue weighted by Crippen LogP contribution is 2.33. The summed E-state index contributed by atoms with van der Waals surface area (Å²) < 4.78 is 24.3. The average molecular weight is 536 g/mol. The molecule has 0 spiro atoms. The fourth-order valence-electron chi connectivity index (χ4n) is 6.38. The Balaban J connectivity index is 0.903. The van der Waals surface area contributed by atoms with E-state index in [1.807, 2.05) is 12.1 Å². The fourth-order valence-corrected chi connectivity index (χ4v) is 6.38. The third-order valence-corrected chi connectivity index (χ3v) is 8.82. The predicted molar refractivity (Wildman–Crippen MR) is 147 cm³/mol. The van der Waals surface area contributed by atoms with Crippen LogP contribution in [-0.2, 0) is 4.74 Å². The molecule has 1 saturated carbocycles. The summed E-state index contributed by atoms with van der Waals surface area (Å²) in [6.45, 7) is 6.36. The van der Waals surface area contributed by atoms with Gasteiger partial charge in [-0.3, -0.25) is 4.79 Å². The predicted octanol–water partition coefficient (Wildman–Crippen LogP) is 4.76. The van der Waals surface area contributed by atoms with Gasteiger partial charge in [0, 0.05) is 42.7 Å². The van der Waals surface area contributed by atoms with Crippen molar-refractivity contribution in [1.29, 1.82) is 0 Å². The quantitative estimate of drug-likeness (QED) is 0.467. The van der Waals surface area contributed by atoms with Crippen molar-refractivity contribution in [3.05, 3.63) is 53.6 Å². The smallest absolute Gasteiger partial charge is 0.253 e. The summed E-state index contributed by atoms with van der Waals surface area (Å²) in [5.74, 6) is 1.69. The summed E-state index contributed by atoms with van der Waals surface area (Å²) in [7, 11) is 0. The number of morpholine rings is 1. The van der Waals surface area contributed by atoms with Crippen LogP contribution in [-0.4, -0.2) is 72.9 Å². The first-order chi connectivity index (χ1) is 19.1. The van der Waals surface area contributed by atoms with Crippen molar-refractivity contribution in [2.45, 2.75) is 56.9 Å². The molecule has 208 valence electrons. The van der Waals surface area contributed by atoms with Gasteiger partial charge in [-0.2, -0.15) is 0 Å². The minimum atomic E-state index is -0.289. The summed E-state index contributed by atoms with van der Waals surface area (Å²) in [4.78, 5) is 22.1. The third kappa shape index (κ3) is 6.25. The molecule has 3 aliphatic rings. The zero-order valence-corrected chi connectivity index (χ0v) is 22.5. The Hall–Kier alpha value is -3.04. The lowest BCUT2D eigenvalue weighted by Crippen LogP contribution is -2.39. The molecule has 1 amide bonds. The van der Waals surface area contributed by atoms with Gasteiger partial charge in [0.25, 0.3) is 5.91 Å². The van der Waals surface area contributed by atoms with Gasteiger partial charge >= 0.3 is 0 Å². The highest BCUT2D eigenvalue weighted by atomic mass is 19.1. The van der Waals surface area contributed by atoms with E-state index in [1.165, 1.54) is 18.6 Å². The number of aromatic nitrogens is 2. The van der Waals surface area contributed by atoms with E-state index in [1.54, 1.807) is 12.3 Å². The van der Waals surface area contributed by atoms with Crippen LogP contribution in [0.5, 0.6) is 0 Å². The summed E-state index contributed by atoms with van der Waals surface area (Å²) in [6, 6.07) is 8.76. The van der Waals surface area contributed by atoms with E-state index >= 15 is 0 Å². The number of piperidine rings is 1. The molecule has 0 unspecified atom stereocenters. The van der Waals surface area contributed by atoms with E-state index in [-0.39, 0.29) is 17.8 Å². The van der Waals surface area contributed by atoms with E-state index in [0.717, 1.165) is 107 Å². The third-order valence-electron chi connectivity index (χ3n) is 8.82. The SMILES string of the molecule is O=C(NC1CCC(CCN2CCC(c3noc4cc(F)ccc34)CC2)CC1)c1ccc(N2CCOCC2)nc1. The van der Waals surface area contributed by atoms with Crippen molar-refractivity contribution in [3.63, 3.8) is 0 Å². The number of amides is 1. The van der Waals surface area contributed by atoms with Gasteiger partial charge in [-0.15, -0.1) is 0 Å². The largest absolute Gasteiger partial charge is 0.378 e. The Bertz CT molecular complexity index is 1240. The Kier molecular flexibility index (Phi) is 8.06. The number of fused-ring (bicyclic) bond motifs is 1. The van der Waals surface area contributed by atoms with Gasteiger partial charge in [0.1, 0.15) is 11.6 Å². The van der Waals surface area contributed by atoms with Crippen molar-refractivity contribution >= 4 is 22.7 Å². The highest BCUT2D eigenvalue weighted by Gasteiger charge is 2.27. The van der Waals surface area contributed by atoms with Crippen LogP contribution in [0.25, 0.3) is 11.0 Å². The van der Waals surface area contributed by atoms with Gasteiger partial charge in [0.05, 0.1) is 24.5 Å². The lowest BCUT2D eigenvalue weighted by Gasteiger charge is -2.34. The first-order valence-corrected chi connectivity index (χ1v) is 14.5. The Morgan fingerprint density at radius 1 is 1.00 bits per heavy atom. The minimum absolute atomic E-state index is 0.0210. The first kappa shape index (κ1) is 26.2. The molecule has 6 rings (SSSR count). The molecule has 4 heterocycles. The number of benzene rings is 1. The first-order valence-electron chi connectivity index (χ1n) is 14.5. The van der Waals surface area contributed by atoms with Crippen molar-refractivity contribution in [1.82, 2.24) is 20.4 Å². The number of carbonyl (C=O) groups is 1. The molecule has 0 radical (unpaired) electrons. The number of halogens is 1. The van der Waals surface area contributed by atoms with Crippen molar-refractivity contribution in [3.8, 4) is 0 Å². The molecule has 2 aliphatic heterocycles. The van der Waals surface area contributed by atoms with Crippen LogP contribution in [0, 0.1) is 11.7 Å². The van der Waals surface area contributed by atoms with Gasteiger partial charge in [0.15, 0.2) is 5.58 Å². The summed E-state index contributed by atoms with van der Waals surface area (Å²) >= 11 is 0. The number of hydrogen-bond donors (Lipinski definition) is 1. The normalized spacial score (nSPS) is 23.3. The number of anilines is 1. The molecule has 39 heavy (non-hydrogen) atoms. The van der Waals surface area contributed by atoms with Crippen LogP contribution in [0.15, 0.2) is 41.1 Å². The second kappa shape index (κ2) is 12.0. The zero-order valence-electron chi connectivity index (χ0n) is 22.5. The van der Waals surface area contributed by atoms with Gasteiger partial charge < -0.3 is 24.4 Å². The van der Waals surface area contributed by atoms with Gasteiger partial charge in [-0.25, -0.2) is 9.37 Å². The van der Waals surface area contributed by atoms with Crippen LogP contribution < -0.4 is 10.2 Å². The number of carbonyl (C=O) groups excluding carboxylic acids is 1. The molecule has 8 nitrogen and oxygen atoms in total. The molecule has 2 saturated heterocycles. The molecule has 9 heteroatoms. The van der Waals surface area contributed by atoms with Crippen LogP contribution in [0.4, 0.5) is 10.2 Å². The molecule has 0 atom stereocenters. The number of hydrogen-bond acceptors (Lipinski definition) is 7. The topological polar surface area (TPSA) is 83.7 Å². The van der Waals surface area contributed by atoms with Crippen LogP contribution in [0.1, 0.15) is 66.9 Å². The highest BCUT2D eigenvalue weighted by molar-refractivity contribution is 5.94. The maximum absolute atomic E-state index is 13.5. The van der Waals surface area contributed by atoms with E-state index in [4.69, 9.17) is 9.26 Å². The monoisotopic (exact) mass is 535 g/mol. The fraction of sp³-hybridized carbons (Fsp3) is 0.567. The number of likely N-dealkylation sites (tertiary alicyclic amines) is 1. The van der Waals surface area contributed by atoms with Crippen molar-refractivity contribution in [2.75, 3.05) is 50.8 Å². The zero-order chi connectivity index (χ0) is 26.6. The van der Waals surface area contributed by atoms with Gasteiger partial charge in [-0.05, 0) is 94.8 Å². The number of ether oxygens (including phenoxy) is 1. The van der Waals surface area contributed by atoms with Crippen LogP contribution >= 0.6 is 0 Å². The van der Waals surface area contributed by atoms with E-state index in [0.29, 0.717) is 17.1 Å². The van der Waals surface area contributed by atoms with Gasteiger partial charge in [0.2, 0.25) is 0 Å². The molecule has 2 aromatic heterocycles. The van der Waals surface area contributed by atoms with Crippen LogP contribution in [0.2, 0.25) is 0 Å². The number of nitrogens with one attached hydrogen (secondary N) is 1. The molecule has 1 aromatic carbocycles. The lowest BCUT2D eigenvalue weighted by atomic mass is 9.83. The second-order valence-electron chi connectivity index (χ2n) is 11.3. The van der Waals surface area contributed by atoms with Crippen LogP contribution in [0.3, 0.4) is 0 Å². The maximum atomic E-state index is 13.5. The maximum Gasteiger partial charge on any atom is 0.253 e. The Labute approximate surface area is 228 Å². The van der Waals surface area contributed by atoms with Gasteiger partial charge in [-0.1, -0.05) is 5.16 Å². The van der Waals surface area contributed by atoms with Crippen molar-refractivity contribution < 1.29 is 18.4 Å². The molecule has 0 bridgehead atoms. The molecule has 3 aromatic rings. The summed E-state index contributed by atoms with van der Waals surface area (Å²) in [5.41, 5.74) is 2.15. The minimum Gasteiger partial charge on any atom is -0.378 e. The Morgan fingerprint density at radius 2 is 1.79 bits per heavy atom. The number of nitrogens with zero attached hydrogens (tertiary/aromatic N) is 4. The van der Waals surface area contributed by atoms with E-state index < -0.39 is 0 Å². The number of pyridine rings is 1. The van der Waals surface area contributed by atoms with Crippen molar-refractivity contribution in [2.24, 2.45) is 5.92 Å². The number of rotatable bonds is 7. The second-order valence-corrected chi connectivity index (χ2v) is 11.3. The van der Waals surface area contributed by atoms with E-state index in [2.05, 4.69) is 25.3 Å². The molecule has 1 N–H and O–H groups in total. The van der Waals surface area contributed by atoms with E-state index in [9.17, 15) is 9.18 Å². The Morgan fingerprint density at radius 3 is 2.54 bits per heavy atom. The average Bonchev–Trinajstić information content (AvgIpc) is 3.40.